The van der Waals surface area contributed by atoms with Gasteiger partial charge in [0, 0.05) is 12.2 Å². The van der Waals surface area contributed by atoms with Crippen LogP contribution in [0.4, 0.5) is 20.0 Å². The normalized spacial score (nSPS) is 14.7. The number of hydrogen-bond donors (Lipinski definition) is 2. The third-order valence-electron chi connectivity index (χ3n) is 4.85. The summed E-state index contributed by atoms with van der Waals surface area (Å²) in [6.45, 7) is 3.75. The quantitative estimate of drug-likeness (QED) is 0.562. The summed E-state index contributed by atoms with van der Waals surface area (Å²) in [5, 5.41) is 12.4. The van der Waals surface area contributed by atoms with Crippen molar-refractivity contribution in [3.63, 3.8) is 0 Å². The Morgan fingerprint density at radius 3 is 2.76 bits per heavy atom. The number of hydrogen-bond acceptors (Lipinski definition) is 5. The van der Waals surface area contributed by atoms with E-state index in [-0.39, 0.29) is 6.03 Å². The minimum atomic E-state index is -0.996. The molecule has 6 nitrogen and oxygen atoms in total. The van der Waals surface area contributed by atoms with Gasteiger partial charge in [0.05, 0.1) is 10.4 Å². The molecule has 1 aromatic heterocycles. The number of aromatic nitrogens is 1. The molecule has 2 N–H and O–H groups in total. The molecule has 9 heteroatoms. The molecule has 29 heavy (non-hydrogen) atoms. The first-order valence-electron chi connectivity index (χ1n) is 9.47. The van der Waals surface area contributed by atoms with Gasteiger partial charge in [-0.15, -0.1) is 0 Å². The van der Waals surface area contributed by atoms with Gasteiger partial charge in [-0.2, -0.15) is 0 Å². The molecule has 1 aliphatic carbocycles. The van der Waals surface area contributed by atoms with E-state index in [0.29, 0.717) is 27.5 Å². The van der Waals surface area contributed by atoms with Crippen LogP contribution in [-0.2, 0) is 4.79 Å². The van der Waals surface area contributed by atoms with Crippen LogP contribution < -0.4 is 10.2 Å². The van der Waals surface area contributed by atoms with Crippen molar-refractivity contribution in [2.45, 2.75) is 48.5 Å². The molecule has 0 unspecified atom stereocenters. The predicted octanol–water partition coefficient (Wildman–Crippen LogP) is 5.47. The molecule has 0 radical (unpaired) electrons. The van der Waals surface area contributed by atoms with Crippen LogP contribution in [-0.4, -0.2) is 33.4 Å². The number of thioether (sulfide) groups is 1. The molecule has 1 saturated carbocycles. The van der Waals surface area contributed by atoms with E-state index >= 15 is 0 Å². The second-order valence-corrected chi connectivity index (χ2v) is 10.5. The minimum absolute atomic E-state index is 0.370. The molecular formula is C20H24FN3O3S2. The number of rotatable bonds is 7. The number of urea groups is 1. The van der Waals surface area contributed by atoms with Crippen LogP contribution in [0.1, 0.15) is 39.5 Å². The molecule has 0 spiro atoms. The SMILES string of the molecule is CC(C)(Sc1cnc(NC(=O)N(CC2CCCC2)c2cccc(F)c2)s1)C(=O)O. The van der Waals surface area contributed by atoms with Crippen LogP contribution in [0, 0.1) is 11.7 Å². The summed E-state index contributed by atoms with van der Waals surface area (Å²) >= 11 is 2.40. The molecule has 2 aromatic rings. The fraction of sp³-hybridized carbons (Fsp3) is 0.450. The van der Waals surface area contributed by atoms with E-state index in [1.54, 1.807) is 37.1 Å². The van der Waals surface area contributed by atoms with Crippen molar-refractivity contribution in [3.05, 3.63) is 36.3 Å². The Kier molecular flexibility index (Phi) is 6.79. The van der Waals surface area contributed by atoms with E-state index in [1.165, 1.54) is 35.2 Å². The van der Waals surface area contributed by atoms with Crippen LogP contribution >= 0.6 is 23.1 Å². The molecule has 0 saturated heterocycles. The number of anilines is 2. The van der Waals surface area contributed by atoms with Crippen molar-refractivity contribution in [2.24, 2.45) is 5.92 Å². The molecule has 156 valence electrons. The first-order valence-corrected chi connectivity index (χ1v) is 11.1. The Balaban J connectivity index is 1.73. The standard InChI is InChI=1S/C20H24FN3O3S2/c1-20(2,17(25)26)29-16-11-22-18(28-16)23-19(27)24(12-13-6-3-4-7-13)15-9-5-8-14(21)10-15/h5,8-11,13H,3-4,6-7,12H2,1-2H3,(H,25,26)(H,22,23,27). The monoisotopic (exact) mass is 437 g/mol. The lowest BCUT2D eigenvalue weighted by molar-refractivity contribution is -0.138. The molecule has 1 aromatic carbocycles. The molecule has 1 fully saturated rings. The fourth-order valence-corrected chi connectivity index (χ4v) is 5.48. The first kappa shape index (κ1) is 21.6. The van der Waals surface area contributed by atoms with E-state index in [4.69, 9.17) is 0 Å². The number of carboxylic acids is 1. The van der Waals surface area contributed by atoms with E-state index in [0.717, 1.165) is 25.7 Å². The lowest BCUT2D eigenvalue weighted by atomic mass is 10.1. The highest BCUT2D eigenvalue weighted by molar-refractivity contribution is 8.03. The number of carbonyl (C=O) groups is 2. The van der Waals surface area contributed by atoms with Gasteiger partial charge in [0.1, 0.15) is 10.6 Å². The van der Waals surface area contributed by atoms with E-state index < -0.39 is 16.5 Å². The Morgan fingerprint density at radius 2 is 2.10 bits per heavy atom. The van der Waals surface area contributed by atoms with Gasteiger partial charge in [0.2, 0.25) is 0 Å². The van der Waals surface area contributed by atoms with E-state index in [9.17, 15) is 19.1 Å². The molecule has 2 amide bonds. The lowest BCUT2D eigenvalue weighted by Crippen LogP contribution is -2.38. The molecule has 0 atom stereocenters. The number of amides is 2. The average Bonchev–Trinajstić information content (AvgIpc) is 3.31. The van der Waals surface area contributed by atoms with Crippen LogP contribution in [0.15, 0.2) is 34.7 Å². The van der Waals surface area contributed by atoms with E-state index in [2.05, 4.69) is 10.3 Å². The number of halogens is 1. The summed E-state index contributed by atoms with van der Waals surface area (Å²) in [6, 6.07) is 5.64. The summed E-state index contributed by atoms with van der Waals surface area (Å²) in [6.07, 6.45) is 5.97. The van der Waals surface area contributed by atoms with Crippen LogP contribution in [0.2, 0.25) is 0 Å². The van der Waals surface area contributed by atoms with Crippen LogP contribution in [0.3, 0.4) is 0 Å². The summed E-state index contributed by atoms with van der Waals surface area (Å²) in [4.78, 5) is 30.0. The first-order chi connectivity index (χ1) is 13.7. The second kappa shape index (κ2) is 9.13. The van der Waals surface area contributed by atoms with Gasteiger partial charge in [-0.25, -0.2) is 14.2 Å². The van der Waals surface area contributed by atoms with Gasteiger partial charge in [-0.3, -0.25) is 15.0 Å². The number of nitrogens with one attached hydrogen (secondary N) is 1. The van der Waals surface area contributed by atoms with Gasteiger partial charge < -0.3 is 5.11 Å². The summed E-state index contributed by atoms with van der Waals surface area (Å²) < 4.78 is 13.4. The Labute approximate surface area is 177 Å². The molecule has 1 aliphatic rings. The third kappa shape index (κ3) is 5.70. The Morgan fingerprint density at radius 1 is 1.38 bits per heavy atom. The smallest absolute Gasteiger partial charge is 0.328 e. The number of nitrogens with zero attached hydrogens (tertiary/aromatic N) is 2. The molecular weight excluding hydrogens is 413 g/mol. The maximum absolute atomic E-state index is 13.7. The number of thiazole rings is 1. The molecule has 3 rings (SSSR count). The molecule has 0 bridgehead atoms. The Hall–Kier alpha value is -2.13. The van der Waals surface area contributed by atoms with Crippen molar-refractivity contribution in [3.8, 4) is 0 Å². The zero-order valence-corrected chi connectivity index (χ0v) is 18.0. The maximum atomic E-state index is 13.7. The summed E-state index contributed by atoms with van der Waals surface area (Å²) in [5.74, 6) is -0.923. The zero-order chi connectivity index (χ0) is 21.0. The molecule has 0 aliphatic heterocycles. The highest BCUT2D eigenvalue weighted by Gasteiger charge is 2.30. The van der Waals surface area contributed by atoms with E-state index in [1.807, 2.05) is 0 Å². The van der Waals surface area contributed by atoms with Gasteiger partial charge in [-0.1, -0.05) is 42.0 Å². The van der Waals surface area contributed by atoms with Crippen LogP contribution in [0.5, 0.6) is 0 Å². The highest BCUT2D eigenvalue weighted by atomic mass is 32.2. The van der Waals surface area contributed by atoms with Gasteiger partial charge in [0.25, 0.3) is 0 Å². The van der Waals surface area contributed by atoms with Crippen LogP contribution in [0.25, 0.3) is 0 Å². The van der Waals surface area contributed by atoms with Gasteiger partial charge >= 0.3 is 12.0 Å². The number of carbonyl (C=O) groups excluding carboxylic acids is 1. The Bertz CT molecular complexity index is 881. The highest BCUT2D eigenvalue weighted by Crippen LogP contribution is 2.37. The van der Waals surface area contributed by atoms with Crippen molar-refractivity contribution < 1.29 is 19.1 Å². The summed E-state index contributed by atoms with van der Waals surface area (Å²) in [7, 11) is 0. The largest absolute Gasteiger partial charge is 0.480 e. The average molecular weight is 438 g/mol. The second-order valence-electron chi connectivity index (χ2n) is 7.57. The van der Waals surface area contributed by atoms with Crippen molar-refractivity contribution in [2.75, 3.05) is 16.8 Å². The molecule has 1 heterocycles. The predicted molar refractivity (Wildman–Crippen MR) is 114 cm³/mol. The zero-order valence-electron chi connectivity index (χ0n) is 16.4. The van der Waals surface area contributed by atoms with Gasteiger partial charge in [0.15, 0.2) is 5.13 Å². The van der Waals surface area contributed by atoms with Gasteiger partial charge in [-0.05, 0) is 50.8 Å². The lowest BCUT2D eigenvalue weighted by Gasteiger charge is -2.25. The number of aliphatic carboxylic acids is 1. The van der Waals surface area contributed by atoms with Crippen molar-refractivity contribution in [1.29, 1.82) is 0 Å². The minimum Gasteiger partial charge on any atom is -0.480 e. The number of carboxylic acid groups (broad SMARTS) is 1. The third-order valence-corrected chi connectivity index (χ3v) is 7.05. The summed E-state index contributed by atoms with van der Waals surface area (Å²) in [5.41, 5.74) is 0.507. The maximum Gasteiger partial charge on any atom is 0.328 e. The fourth-order valence-electron chi connectivity index (χ4n) is 3.22. The number of benzene rings is 1. The topological polar surface area (TPSA) is 82.5 Å². The van der Waals surface area contributed by atoms with Crippen molar-refractivity contribution >= 4 is 45.9 Å². The van der Waals surface area contributed by atoms with Crippen molar-refractivity contribution in [1.82, 2.24) is 4.98 Å².